The molecule has 5 heteroatoms. The van der Waals surface area contributed by atoms with Gasteiger partial charge < -0.3 is 10.2 Å². The largest absolute Gasteiger partial charge is 0.481 e. The molecule has 0 saturated carbocycles. The first-order chi connectivity index (χ1) is 9.35. The predicted molar refractivity (Wildman–Crippen MR) is 81.1 cm³/mol. The molecule has 1 aromatic rings. The van der Waals surface area contributed by atoms with Crippen molar-refractivity contribution in [2.24, 2.45) is 5.41 Å². The van der Waals surface area contributed by atoms with Crippen molar-refractivity contribution < 1.29 is 19.8 Å². The van der Waals surface area contributed by atoms with Crippen LogP contribution in [0.3, 0.4) is 0 Å². The van der Waals surface area contributed by atoms with Crippen molar-refractivity contribution in [1.29, 1.82) is 0 Å². The predicted octanol–water partition coefficient (Wildman–Crippen LogP) is 2.46. The third-order valence-electron chi connectivity index (χ3n) is 3.26. The molecule has 108 valence electrons. The summed E-state index contributed by atoms with van der Waals surface area (Å²) in [5, 5.41) is 18.8. The summed E-state index contributed by atoms with van der Waals surface area (Å²) in [5.74, 6) is -1.92. The van der Waals surface area contributed by atoms with Crippen LogP contribution in [-0.2, 0) is 9.59 Å². The monoisotopic (exact) mass is 294 g/mol. The first-order valence-electron chi connectivity index (χ1n) is 6.31. The number of allylic oxidation sites excluding steroid dienone is 1. The molecule has 2 N–H and O–H groups in total. The maximum absolute atomic E-state index is 10.8. The lowest BCUT2D eigenvalue weighted by Gasteiger charge is -2.27. The molecule has 0 heterocycles. The van der Waals surface area contributed by atoms with Crippen molar-refractivity contribution in [2.75, 3.05) is 0 Å². The van der Waals surface area contributed by atoms with E-state index in [0.717, 1.165) is 0 Å². The summed E-state index contributed by atoms with van der Waals surface area (Å²) in [6.45, 7) is 1.59. The van der Waals surface area contributed by atoms with Crippen LogP contribution in [0.2, 0.25) is 0 Å². The van der Waals surface area contributed by atoms with Gasteiger partial charge in [0, 0.05) is 5.57 Å². The Balaban J connectivity index is 0.000000240. The van der Waals surface area contributed by atoms with E-state index in [9.17, 15) is 9.59 Å². The highest BCUT2D eigenvalue weighted by Crippen LogP contribution is 2.35. The van der Waals surface area contributed by atoms with E-state index in [4.69, 9.17) is 10.2 Å². The SMILES string of the molecule is CC1(C(=O)O)CCC=C(C(=O)O)C1.Pc1ccccc1. The topological polar surface area (TPSA) is 74.6 Å². The van der Waals surface area contributed by atoms with Gasteiger partial charge >= 0.3 is 11.9 Å². The number of hydrogen-bond acceptors (Lipinski definition) is 2. The molecule has 1 aromatic carbocycles. The highest BCUT2D eigenvalue weighted by Gasteiger charge is 2.37. The van der Waals surface area contributed by atoms with Crippen LogP contribution in [0.15, 0.2) is 42.0 Å². The molecule has 0 aliphatic heterocycles. The van der Waals surface area contributed by atoms with Gasteiger partial charge in [0.2, 0.25) is 0 Å². The average molecular weight is 294 g/mol. The van der Waals surface area contributed by atoms with Gasteiger partial charge in [0.05, 0.1) is 5.41 Å². The number of rotatable bonds is 2. The van der Waals surface area contributed by atoms with Crippen LogP contribution < -0.4 is 5.30 Å². The zero-order valence-electron chi connectivity index (χ0n) is 11.4. The third-order valence-corrected chi connectivity index (χ3v) is 3.64. The summed E-state index contributed by atoms with van der Waals surface area (Å²) in [7, 11) is 2.63. The zero-order valence-corrected chi connectivity index (χ0v) is 12.5. The molecule has 2 unspecified atom stereocenters. The third kappa shape index (κ3) is 4.78. The molecule has 0 spiro atoms. The molecule has 0 saturated heterocycles. The van der Waals surface area contributed by atoms with Crippen LogP contribution in [0, 0.1) is 5.41 Å². The second kappa shape index (κ2) is 7.20. The molecule has 4 nitrogen and oxygen atoms in total. The number of carboxylic acid groups (broad SMARTS) is 2. The van der Waals surface area contributed by atoms with Gasteiger partial charge in [-0.1, -0.05) is 36.4 Å². The molecule has 0 aromatic heterocycles. The molecule has 20 heavy (non-hydrogen) atoms. The molecule has 2 atom stereocenters. The molecule has 1 aliphatic carbocycles. The summed E-state index contributed by atoms with van der Waals surface area (Å²) < 4.78 is 0. The van der Waals surface area contributed by atoms with Crippen molar-refractivity contribution in [3.63, 3.8) is 0 Å². The van der Waals surface area contributed by atoms with E-state index in [0.29, 0.717) is 12.8 Å². The number of carboxylic acids is 2. The maximum atomic E-state index is 10.8. The summed E-state index contributed by atoms with van der Waals surface area (Å²) in [5.41, 5.74) is -0.682. The number of benzene rings is 1. The molecule has 0 amide bonds. The van der Waals surface area contributed by atoms with E-state index in [1.807, 2.05) is 30.3 Å². The van der Waals surface area contributed by atoms with E-state index in [-0.39, 0.29) is 12.0 Å². The fraction of sp³-hybridized carbons (Fsp3) is 0.333. The standard InChI is InChI=1S/C9H12O4.C6H7P/c1-9(8(12)13)4-2-3-6(5-9)7(10)11;7-6-4-2-1-3-5-6/h3H,2,4-5H2,1H3,(H,10,11)(H,12,13);1-5H,7H2. The van der Waals surface area contributed by atoms with Gasteiger partial charge in [0.1, 0.15) is 0 Å². The molecule has 0 fully saturated rings. The van der Waals surface area contributed by atoms with Gasteiger partial charge in [0.25, 0.3) is 0 Å². The van der Waals surface area contributed by atoms with Gasteiger partial charge in [0.15, 0.2) is 0 Å². The lowest BCUT2D eigenvalue weighted by Crippen LogP contribution is -2.31. The number of hydrogen-bond donors (Lipinski definition) is 2. The Morgan fingerprint density at radius 3 is 2.20 bits per heavy atom. The van der Waals surface area contributed by atoms with Gasteiger partial charge in [-0.25, -0.2) is 4.79 Å². The average Bonchev–Trinajstić information content (AvgIpc) is 2.40. The Morgan fingerprint density at radius 1 is 1.20 bits per heavy atom. The maximum Gasteiger partial charge on any atom is 0.331 e. The molecular formula is C15H19O4P. The van der Waals surface area contributed by atoms with Crippen LogP contribution in [0.25, 0.3) is 0 Å². The van der Waals surface area contributed by atoms with E-state index in [1.165, 1.54) is 5.30 Å². The quantitative estimate of drug-likeness (QED) is 0.822. The lowest BCUT2D eigenvalue weighted by atomic mass is 9.76. The lowest BCUT2D eigenvalue weighted by molar-refractivity contribution is -0.148. The van der Waals surface area contributed by atoms with Crippen LogP contribution >= 0.6 is 9.24 Å². The Bertz CT molecular complexity index is 510. The second-order valence-corrected chi connectivity index (χ2v) is 5.69. The van der Waals surface area contributed by atoms with Crippen molar-refractivity contribution >= 4 is 26.5 Å². The molecule has 0 bridgehead atoms. The zero-order chi connectivity index (χ0) is 15.2. The van der Waals surface area contributed by atoms with Crippen molar-refractivity contribution in [2.45, 2.75) is 26.2 Å². The Labute approximate surface area is 120 Å². The second-order valence-electron chi connectivity index (χ2n) is 5.03. The normalized spacial score (nSPS) is 21.2. The number of aliphatic carboxylic acids is 2. The Hall–Kier alpha value is -1.67. The number of carbonyl (C=O) groups is 2. The smallest absolute Gasteiger partial charge is 0.331 e. The fourth-order valence-corrected chi connectivity index (χ4v) is 2.17. The Kier molecular flexibility index (Phi) is 5.90. The molecule has 1 aliphatic rings. The highest BCUT2D eigenvalue weighted by molar-refractivity contribution is 7.27. The van der Waals surface area contributed by atoms with Gasteiger partial charge in [-0.15, -0.1) is 9.24 Å². The highest BCUT2D eigenvalue weighted by atomic mass is 31.0. The van der Waals surface area contributed by atoms with Crippen LogP contribution in [0.1, 0.15) is 26.2 Å². The van der Waals surface area contributed by atoms with Crippen LogP contribution in [0.5, 0.6) is 0 Å². The first-order valence-corrected chi connectivity index (χ1v) is 6.89. The van der Waals surface area contributed by atoms with Crippen molar-refractivity contribution in [3.8, 4) is 0 Å². The van der Waals surface area contributed by atoms with Gasteiger partial charge in [-0.3, -0.25) is 4.79 Å². The van der Waals surface area contributed by atoms with E-state index in [2.05, 4.69) is 9.24 Å². The Morgan fingerprint density at radius 2 is 1.80 bits per heavy atom. The summed E-state index contributed by atoms with van der Waals surface area (Å²) in [6, 6.07) is 10.1. The minimum Gasteiger partial charge on any atom is -0.481 e. The summed E-state index contributed by atoms with van der Waals surface area (Å²) >= 11 is 0. The molecular weight excluding hydrogens is 275 g/mol. The van der Waals surface area contributed by atoms with Crippen molar-refractivity contribution in [3.05, 3.63) is 42.0 Å². The van der Waals surface area contributed by atoms with Gasteiger partial charge in [-0.2, -0.15) is 0 Å². The first kappa shape index (κ1) is 16.4. The fourth-order valence-electron chi connectivity index (χ4n) is 1.94. The van der Waals surface area contributed by atoms with Gasteiger partial charge in [-0.05, 0) is 31.5 Å². The van der Waals surface area contributed by atoms with Crippen LogP contribution in [-0.4, -0.2) is 22.2 Å². The molecule has 0 radical (unpaired) electrons. The van der Waals surface area contributed by atoms with E-state index in [1.54, 1.807) is 13.0 Å². The van der Waals surface area contributed by atoms with Crippen LogP contribution in [0.4, 0.5) is 0 Å². The van der Waals surface area contributed by atoms with Crippen molar-refractivity contribution in [1.82, 2.24) is 0 Å². The summed E-state index contributed by atoms with van der Waals surface area (Å²) in [6.07, 6.45) is 2.77. The van der Waals surface area contributed by atoms with E-state index < -0.39 is 17.4 Å². The van der Waals surface area contributed by atoms with E-state index >= 15 is 0 Å². The minimum atomic E-state index is -1.01. The summed E-state index contributed by atoms with van der Waals surface area (Å²) in [4.78, 5) is 21.4. The molecule has 2 rings (SSSR count). The minimum absolute atomic E-state index is 0.123.